The lowest BCUT2D eigenvalue weighted by Crippen LogP contribution is -2.18. The van der Waals surface area contributed by atoms with Crippen molar-refractivity contribution in [2.75, 3.05) is 11.1 Å². The Kier molecular flexibility index (Phi) is 4.79. The highest BCUT2D eigenvalue weighted by Crippen LogP contribution is 2.34. The van der Waals surface area contributed by atoms with Gasteiger partial charge in [0.2, 0.25) is 5.91 Å². The van der Waals surface area contributed by atoms with Gasteiger partial charge in [-0.3, -0.25) is 4.79 Å². The molecule has 1 N–H and O–H groups in total. The molecule has 1 heterocycles. The molecular weight excluding hydrogens is 303 g/mol. The van der Waals surface area contributed by atoms with E-state index >= 15 is 0 Å². The van der Waals surface area contributed by atoms with Crippen molar-refractivity contribution in [3.05, 3.63) is 48.3 Å². The number of nitrogens with zero attached hydrogens (tertiary/aromatic N) is 2. The number of thioether (sulfide) groups is 1. The van der Waals surface area contributed by atoms with Crippen LogP contribution in [0.5, 0.6) is 0 Å². The average Bonchev–Trinajstić information content (AvgIpc) is 2.46. The number of anilines is 1. The highest BCUT2D eigenvalue weighted by molar-refractivity contribution is 7.99. The number of para-hydroxylation sites is 1. The summed E-state index contributed by atoms with van der Waals surface area (Å²) in [5.74, 6) is -0.625. The number of nitrogens with one attached hydrogen (secondary N) is 1. The minimum absolute atomic E-state index is 0.0732. The van der Waals surface area contributed by atoms with Crippen LogP contribution in [0.15, 0.2) is 47.9 Å². The van der Waals surface area contributed by atoms with Crippen molar-refractivity contribution in [3.8, 4) is 0 Å². The summed E-state index contributed by atoms with van der Waals surface area (Å²) in [6.45, 7) is 0. The maximum Gasteiger partial charge on any atom is 0.418 e. The van der Waals surface area contributed by atoms with E-state index in [4.69, 9.17) is 0 Å². The Balaban J connectivity index is 2.00. The minimum Gasteiger partial charge on any atom is -0.325 e. The lowest BCUT2D eigenvalue weighted by molar-refractivity contribution is -0.137. The number of benzene rings is 1. The predicted octanol–water partition coefficient (Wildman–Crippen LogP) is 3.23. The Labute approximate surface area is 122 Å². The SMILES string of the molecule is O=C(CSc1ncccn1)Nc1ccccc1C(F)(F)F. The van der Waals surface area contributed by atoms with Gasteiger partial charge in [-0.15, -0.1) is 0 Å². The van der Waals surface area contributed by atoms with Crippen LogP contribution in [0.4, 0.5) is 18.9 Å². The molecule has 0 spiro atoms. The van der Waals surface area contributed by atoms with Crippen molar-refractivity contribution in [3.63, 3.8) is 0 Å². The van der Waals surface area contributed by atoms with Gasteiger partial charge in [-0.05, 0) is 18.2 Å². The molecule has 0 saturated heterocycles. The van der Waals surface area contributed by atoms with E-state index < -0.39 is 17.6 Å². The molecule has 0 aliphatic carbocycles. The molecule has 21 heavy (non-hydrogen) atoms. The molecule has 1 aromatic heterocycles. The third-order valence-corrected chi connectivity index (χ3v) is 3.26. The van der Waals surface area contributed by atoms with Crippen molar-refractivity contribution in [1.29, 1.82) is 0 Å². The predicted molar refractivity (Wildman–Crippen MR) is 72.8 cm³/mol. The van der Waals surface area contributed by atoms with Crippen LogP contribution >= 0.6 is 11.8 Å². The van der Waals surface area contributed by atoms with E-state index in [1.165, 1.54) is 30.6 Å². The van der Waals surface area contributed by atoms with Gasteiger partial charge in [-0.1, -0.05) is 23.9 Å². The first-order valence-electron chi connectivity index (χ1n) is 5.83. The third kappa shape index (κ3) is 4.45. The summed E-state index contributed by atoms with van der Waals surface area (Å²) >= 11 is 1.05. The second-order valence-corrected chi connectivity index (χ2v) is 4.85. The van der Waals surface area contributed by atoms with E-state index in [-0.39, 0.29) is 11.4 Å². The number of carbonyl (C=O) groups is 1. The number of carbonyl (C=O) groups excluding carboxylic acids is 1. The van der Waals surface area contributed by atoms with E-state index in [1.54, 1.807) is 6.07 Å². The number of amides is 1. The molecule has 1 amide bonds. The van der Waals surface area contributed by atoms with Crippen LogP contribution in [-0.4, -0.2) is 21.6 Å². The molecule has 0 unspecified atom stereocenters. The van der Waals surface area contributed by atoms with E-state index in [9.17, 15) is 18.0 Å². The zero-order valence-electron chi connectivity index (χ0n) is 10.6. The van der Waals surface area contributed by atoms with Gasteiger partial charge in [-0.2, -0.15) is 13.2 Å². The van der Waals surface area contributed by atoms with Crippen molar-refractivity contribution in [1.82, 2.24) is 9.97 Å². The molecule has 110 valence electrons. The number of hydrogen-bond acceptors (Lipinski definition) is 4. The van der Waals surface area contributed by atoms with E-state index in [0.29, 0.717) is 5.16 Å². The Morgan fingerprint density at radius 1 is 1.14 bits per heavy atom. The standard InChI is InChI=1S/C13H10F3N3OS/c14-13(15,16)9-4-1-2-5-10(9)19-11(20)8-21-12-17-6-3-7-18-12/h1-7H,8H2,(H,19,20). The van der Waals surface area contributed by atoms with Crippen LogP contribution in [0.25, 0.3) is 0 Å². The average molecular weight is 313 g/mol. The number of aromatic nitrogens is 2. The van der Waals surface area contributed by atoms with Crippen molar-refractivity contribution < 1.29 is 18.0 Å². The lowest BCUT2D eigenvalue weighted by atomic mass is 10.1. The smallest absolute Gasteiger partial charge is 0.325 e. The van der Waals surface area contributed by atoms with Crippen LogP contribution < -0.4 is 5.32 Å². The van der Waals surface area contributed by atoms with Gasteiger partial charge in [0.05, 0.1) is 17.0 Å². The maximum atomic E-state index is 12.8. The fourth-order valence-corrected chi connectivity index (χ4v) is 2.12. The molecule has 1 aromatic carbocycles. The fraction of sp³-hybridized carbons (Fsp3) is 0.154. The van der Waals surface area contributed by atoms with Gasteiger partial charge in [0.15, 0.2) is 5.16 Å². The zero-order valence-corrected chi connectivity index (χ0v) is 11.4. The van der Waals surface area contributed by atoms with Gasteiger partial charge in [0.1, 0.15) is 0 Å². The van der Waals surface area contributed by atoms with Crippen LogP contribution in [0.1, 0.15) is 5.56 Å². The molecule has 8 heteroatoms. The molecule has 0 aliphatic rings. The second kappa shape index (κ2) is 6.57. The monoisotopic (exact) mass is 313 g/mol. The molecule has 0 bridgehead atoms. The Morgan fingerprint density at radius 3 is 2.48 bits per heavy atom. The number of halogens is 3. The van der Waals surface area contributed by atoms with Gasteiger partial charge >= 0.3 is 6.18 Å². The van der Waals surface area contributed by atoms with Crippen molar-refractivity contribution >= 4 is 23.4 Å². The van der Waals surface area contributed by atoms with Crippen LogP contribution in [-0.2, 0) is 11.0 Å². The van der Waals surface area contributed by atoms with Gasteiger partial charge in [0.25, 0.3) is 0 Å². The first-order chi connectivity index (χ1) is 9.97. The molecule has 4 nitrogen and oxygen atoms in total. The molecule has 0 aliphatic heterocycles. The molecule has 2 aromatic rings. The molecule has 0 fully saturated rings. The number of hydrogen-bond donors (Lipinski definition) is 1. The number of rotatable bonds is 4. The Hall–Kier alpha value is -2.09. The molecular formula is C13H10F3N3OS. The largest absolute Gasteiger partial charge is 0.418 e. The van der Waals surface area contributed by atoms with Gasteiger partial charge in [0, 0.05) is 12.4 Å². The highest BCUT2D eigenvalue weighted by atomic mass is 32.2. The lowest BCUT2D eigenvalue weighted by Gasteiger charge is -2.13. The summed E-state index contributed by atoms with van der Waals surface area (Å²) in [6.07, 6.45) is -1.47. The summed E-state index contributed by atoms with van der Waals surface area (Å²) in [5, 5.41) is 2.64. The number of alkyl halides is 3. The third-order valence-electron chi connectivity index (χ3n) is 2.38. The summed E-state index contributed by atoms with van der Waals surface area (Å²) in [7, 11) is 0. The molecule has 2 rings (SSSR count). The first kappa shape index (κ1) is 15.3. The second-order valence-electron chi connectivity index (χ2n) is 3.91. The summed E-state index contributed by atoms with van der Waals surface area (Å²) in [5.41, 5.74) is -1.14. The summed E-state index contributed by atoms with van der Waals surface area (Å²) in [6, 6.07) is 6.46. The zero-order chi connectivity index (χ0) is 15.3. The Morgan fingerprint density at radius 2 is 1.81 bits per heavy atom. The van der Waals surface area contributed by atoms with Crippen molar-refractivity contribution in [2.45, 2.75) is 11.3 Å². The van der Waals surface area contributed by atoms with Crippen LogP contribution in [0.3, 0.4) is 0 Å². The van der Waals surface area contributed by atoms with E-state index in [0.717, 1.165) is 17.8 Å². The molecule has 0 saturated carbocycles. The molecule has 0 radical (unpaired) electrons. The highest BCUT2D eigenvalue weighted by Gasteiger charge is 2.33. The normalized spacial score (nSPS) is 11.2. The van der Waals surface area contributed by atoms with Crippen LogP contribution in [0.2, 0.25) is 0 Å². The topological polar surface area (TPSA) is 54.9 Å². The van der Waals surface area contributed by atoms with E-state index in [2.05, 4.69) is 15.3 Å². The quantitative estimate of drug-likeness (QED) is 0.695. The van der Waals surface area contributed by atoms with Gasteiger partial charge < -0.3 is 5.32 Å². The fourth-order valence-electron chi connectivity index (χ4n) is 1.52. The molecule has 0 atom stereocenters. The van der Waals surface area contributed by atoms with Crippen LogP contribution in [0, 0.1) is 0 Å². The Bertz CT molecular complexity index is 620. The van der Waals surface area contributed by atoms with Gasteiger partial charge in [-0.25, -0.2) is 9.97 Å². The van der Waals surface area contributed by atoms with Crippen molar-refractivity contribution in [2.24, 2.45) is 0 Å². The minimum atomic E-state index is -4.51. The van der Waals surface area contributed by atoms with E-state index in [1.807, 2.05) is 0 Å². The summed E-state index contributed by atoms with van der Waals surface area (Å²) in [4.78, 5) is 19.5. The maximum absolute atomic E-state index is 12.8. The first-order valence-corrected chi connectivity index (χ1v) is 6.81. The summed E-state index contributed by atoms with van der Waals surface area (Å²) < 4.78 is 38.3.